The second-order valence-corrected chi connectivity index (χ2v) is 7.88. The number of benzene rings is 3. The summed E-state index contributed by atoms with van der Waals surface area (Å²) in [4.78, 5) is 9.65. The minimum Gasteiger partial charge on any atom is -0.493 e. The first-order valence-electron chi connectivity index (χ1n) is 10.6. The van der Waals surface area contributed by atoms with Crippen molar-refractivity contribution in [1.29, 1.82) is 0 Å². The van der Waals surface area contributed by atoms with Crippen molar-refractivity contribution in [3.05, 3.63) is 131 Å². The number of hydrogen-bond acceptors (Lipinski definition) is 3. The quantitative estimate of drug-likeness (QED) is 0.401. The first-order valence-corrected chi connectivity index (χ1v) is 10.6. The molecule has 0 radical (unpaired) electrons. The van der Waals surface area contributed by atoms with Gasteiger partial charge in [0.1, 0.15) is 11.5 Å². The third-order valence-electron chi connectivity index (χ3n) is 5.50. The molecule has 0 aliphatic carbocycles. The number of aromatic nitrogens is 3. The van der Waals surface area contributed by atoms with Crippen molar-refractivity contribution in [1.82, 2.24) is 14.4 Å². The van der Waals surface area contributed by atoms with Gasteiger partial charge in [-0.15, -0.1) is 0 Å². The van der Waals surface area contributed by atoms with Crippen LogP contribution in [0.1, 0.15) is 33.8 Å². The molecule has 0 spiro atoms. The normalized spacial score (nSPS) is 11.2. The number of imidazole rings is 1. The van der Waals surface area contributed by atoms with Crippen molar-refractivity contribution < 1.29 is 9.50 Å². The van der Waals surface area contributed by atoms with Crippen LogP contribution < -0.4 is 0 Å². The lowest BCUT2D eigenvalue weighted by atomic mass is 10.1. The SMILES string of the molecule is Oc1c(Cc2ccc(F)cc2)nc2c(Cc3ccccc3)nc(Cc3ccccc3)cn12. The summed E-state index contributed by atoms with van der Waals surface area (Å²) in [6.45, 7) is 0. The van der Waals surface area contributed by atoms with Crippen LogP contribution in [0.25, 0.3) is 5.65 Å². The number of fused-ring (bicyclic) bond motifs is 1. The lowest BCUT2D eigenvalue weighted by molar-refractivity contribution is 0.442. The molecule has 158 valence electrons. The molecule has 1 N–H and O–H groups in total. The van der Waals surface area contributed by atoms with E-state index in [0.717, 1.165) is 28.1 Å². The highest BCUT2D eigenvalue weighted by Crippen LogP contribution is 2.26. The van der Waals surface area contributed by atoms with Gasteiger partial charge in [-0.1, -0.05) is 72.8 Å². The van der Waals surface area contributed by atoms with Crippen LogP contribution in [-0.4, -0.2) is 19.5 Å². The molecule has 2 aromatic heterocycles. The molecule has 32 heavy (non-hydrogen) atoms. The maximum Gasteiger partial charge on any atom is 0.219 e. The van der Waals surface area contributed by atoms with Gasteiger partial charge >= 0.3 is 0 Å². The van der Waals surface area contributed by atoms with Crippen LogP contribution in [-0.2, 0) is 19.3 Å². The molecule has 0 unspecified atom stereocenters. The highest BCUT2D eigenvalue weighted by atomic mass is 19.1. The van der Waals surface area contributed by atoms with E-state index < -0.39 is 0 Å². The second kappa shape index (κ2) is 8.63. The molecule has 0 bridgehead atoms. The maximum atomic E-state index is 13.3. The topological polar surface area (TPSA) is 50.4 Å². The Balaban J connectivity index is 1.58. The molecule has 0 saturated carbocycles. The van der Waals surface area contributed by atoms with Crippen LogP contribution >= 0.6 is 0 Å². The smallest absolute Gasteiger partial charge is 0.219 e. The van der Waals surface area contributed by atoms with Gasteiger partial charge in [0.15, 0.2) is 5.65 Å². The molecule has 5 heteroatoms. The maximum absolute atomic E-state index is 13.3. The molecular weight excluding hydrogens is 401 g/mol. The molecule has 0 saturated heterocycles. The number of hydrogen-bond donors (Lipinski definition) is 1. The van der Waals surface area contributed by atoms with E-state index in [4.69, 9.17) is 9.97 Å². The standard InChI is InChI=1S/C27H22FN3O/c28-22-13-11-21(12-14-22)17-25-27(32)31-18-23(15-19-7-3-1-4-8-19)29-24(26(31)30-25)16-20-9-5-2-6-10-20/h1-14,18,32H,15-17H2. The van der Waals surface area contributed by atoms with E-state index in [1.807, 2.05) is 42.6 Å². The molecule has 5 rings (SSSR count). The Hall–Kier alpha value is -3.99. The Morgan fingerprint density at radius 2 is 1.22 bits per heavy atom. The summed E-state index contributed by atoms with van der Waals surface area (Å²) in [5.74, 6) is -0.191. The van der Waals surface area contributed by atoms with Crippen molar-refractivity contribution in [3.8, 4) is 5.88 Å². The molecule has 0 fully saturated rings. The van der Waals surface area contributed by atoms with Crippen molar-refractivity contribution in [2.75, 3.05) is 0 Å². The Morgan fingerprint density at radius 1 is 0.656 bits per heavy atom. The molecule has 5 aromatic rings. The fourth-order valence-electron chi connectivity index (χ4n) is 3.91. The van der Waals surface area contributed by atoms with Gasteiger partial charge in [0.25, 0.3) is 0 Å². The number of halogens is 1. The van der Waals surface area contributed by atoms with Gasteiger partial charge in [-0.3, -0.25) is 9.38 Å². The molecule has 2 heterocycles. The van der Waals surface area contributed by atoms with Gasteiger partial charge in [0.2, 0.25) is 5.88 Å². The molecule has 0 atom stereocenters. The summed E-state index contributed by atoms with van der Waals surface area (Å²) in [5, 5.41) is 11.0. The first-order chi connectivity index (χ1) is 15.7. The van der Waals surface area contributed by atoms with Gasteiger partial charge in [-0.25, -0.2) is 9.37 Å². The van der Waals surface area contributed by atoms with Crippen molar-refractivity contribution in [2.24, 2.45) is 0 Å². The fraction of sp³-hybridized carbons (Fsp3) is 0.111. The number of nitrogens with zero attached hydrogens (tertiary/aromatic N) is 3. The Labute approximate surface area is 185 Å². The summed E-state index contributed by atoms with van der Waals surface area (Å²) in [6, 6.07) is 26.5. The molecule has 3 aromatic carbocycles. The highest BCUT2D eigenvalue weighted by molar-refractivity contribution is 5.53. The van der Waals surface area contributed by atoms with E-state index in [-0.39, 0.29) is 11.7 Å². The van der Waals surface area contributed by atoms with E-state index >= 15 is 0 Å². The summed E-state index contributed by atoms with van der Waals surface area (Å²) < 4.78 is 15.0. The van der Waals surface area contributed by atoms with Crippen molar-refractivity contribution in [3.63, 3.8) is 0 Å². The largest absolute Gasteiger partial charge is 0.493 e. The van der Waals surface area contributed by atoms with Crippen molar-refractivity contribution >= 4 is 5.65 Å². The van der Waals surface area contributed by atoms with Crippen LogP contribution in [0.5, 0.6) is 5.88 Å². The second-order valence-electron chi connectivity index (χ2n) is 7.88. The van der Waals surface area contributed by atoms with Gasteiger partial charge < -0.3 is 5.11 Å². The van der Waals surface area contributed by atoms with Crippen LogP contribution in [0, 0.1) is 5.82 Å². The predicted octanol–water partition coefficient (Wildman–Crippen LogP) is 5.35. The summed E-state index contributed by atoms with van der Waals surface area (Å²) >= 11 is 0. The molecule has 0 amide bonds. The molecular formula is C27H22FN3O. The fourth-order valence-corrected chi connectivity index (χ4v) is 3.91. The van der Waals surface area contributed by atoms with E-state index in [1.54, 1.807) is 16.5 Å². The van der Waals surface area contributed by atoms with Gasteiger partial charge in [-0.2, -0.15) is 0 Å². The zero-order chi connectivity index (χ0) is 21.9. The lowest BCUT2D eigenvalue weighted by Gasteiger charge is -2.08. The highest BCUT2D eigenvalue weighted by Gasteiger charge is 2.17. The van der Waals surface area contributed by atoms with Crippen LogP contribution in [0.15, 0.2) is 91.1 Å². The van der Waals surface area contributed by atoms with Gasteiger partial charge in [-0.05, 0) is 28.8 Å². The van der Waals surface area contributed by atoms with Crippen LogP contribution in [0.2, 0.25) is 0 Å². The zero-order valence-electron chi connectivity index (χ0n) is 17.4. The van der Waals surface area contributed by atoms with E-state index in [2.05, 4.69) is 24.3 Å². The van der Waals surface area contributed by atoms with E-state index in [9.17, 15) is 9.50 Å². The average molecular weight is 423 g/mol. The Bertz CT molecular complexity index is 1350. The predicted molar refractivity (Wildman–Crippen MR) is 122 cm³/mol. The molecule has 0 aliphatic heterocycles. The van der Waals surface area contributed by atoms with E-state index in [0.29, 0.717) is 30.6 Å². The van der Waals surface area contributed by atoms with Crippen molar-refractivity contribution in [2.45, 2.75) is 19.3 Å². The zero-order valence-corrected chi connectivity index (χ0v) is 17.4. The Morgan fingerprint density at radius 3 is 1.88 bits per heavy atom. The number of aromatic hydroxyl groups is 1. The average Bonchev–Trinajstić information content (AvgIpc) is 3.12. The minimum atomic E-state index is -0.284. The lowest BCUT2D eigenvalue weighted by Crippen LogP contribution is -2.03. The molecule has 0 aliphatic rings. The van der Waals surface area contributed by atoms with Crippen LogP contribution in [0.4, 0.5) is 4.39 Å². The van der Waals surface area contributed by atoms with Crippen LogP contribution in [0.3, 0.4) is 0 Å². The molecule has 4 nitrogen and oxygen atoms in total. The minimum absolute atomic E-state index is 0.0929. The van der Waals surface area contributed by atoms with Gasteiger partial charge in [0, 0.05) is 25.5 Å². The summed E-state index contributed by atoms with van der Waals surface area (Å²) in [7, 11) is 0. The third kappa shape index (κ3) is 4.23. The van der Waals surface area contributed by atoms with E-state index in [1.165, 1.54) is 12.1 Å². The summed E-state index contributed by atoms with van der Waals surface area (Å²) in [5.41, 5.74) is 6.01. The summed E-state index contributed by atoms with van der Waals surface area (Å²) in [6.07, 6.45) is 3.53. The number of rotatable bonds is 6. The first kappa shape index (κ1) is 19.9. The Kier molecular flexibility index (Phi) is 5.38. The van der Waals surface area contributed by atoms with Gasteiger partial charge in [0.05, 0.1) is 11.4 Å². The third-order valence-corrected chi connectivity index (χ3v) is 5.50. The monoisotopic (exact) mass is 423 g/mol.